The van der Waals surface area contributed by atoms with Crippen molar-refractivity contribution in [3.05, 3.63) is 11.5 Å². The minimum Gasteiger partial charge on any atom is -0.505 e. The van der Waals surface area contributed by atoms with Crippen molar-refractivity contribution in [2.75, 3.05) is 13.2 Å². The molecular weight excluding hydrogens is 472 g/mol. The van der Waals surface area contributed by atoms with E-state index in [4.69, 9.17) is 42.6 Å². The van der Waals surface area contributed by atoms with Gasteiger partial charge in [0.15, 0.2) is 35.5 Å². The Balaban J connectivity index is 1.48. The van der Waals surface area contributed by atoms with Gasteiger partial charge in [0, 0.05) is 13.8 Å². The first-order chi connectivity index (χ1) is 16.3. The summed E-state index contributed by atoms with van der Waals surface area (Å²) in [5.74, 6) is -4.50. The lowest BCUT2D eigenvalue weighted by molar-refractivity contribution is -0.266. The molecule has 4 aliphatic heterocycles. The Morgan fingerprint density at radius 2 is 1.43 bits per heavy atom. The Morgan fingerprint density at radius 3 is 2.09 bits per heavy atom. The Hall–Kier alpha value is -2.00. The van der Waals surface area contributed by atoms with Crippen LogP contribution in [0.1, 0.15) is 41.5 Å². The first kappa shape index (κ1) is 26.1. The number of rotatable bonds is 6. The van der Waals surface area contributed by atoms with Crippen LogP contribution in [0.15, 0.2) is 11.5 Å². The molecule has 35 heavy (non-hydrogen) atoms. The van der Waals surface area contributed by atoms with Gasteiger partial charge in [-0.15, -0.1) is 0 Å². The topological polar surface area (TPSA) is 158 Å². The first-order valence-electron chi connectivity index (χ1n) is 11.3. The van der Waals surface area contributed by atoms with Gasteiger partial charge in [-0.3, -0.25) is 9.59 Å². The molecule has 198 valence electrons. The van der Waals surface area contributed by atoms with Gasteiger partial charge in [0.05, 0.1) is 6.61 Å². The molecule has 0 spiro atoms. The van der Waals surface area contributed by atoms with Crippen LogP contribution in [-0.2, 0) is 52.2 Å². The monoisotopic (exact) mass is 504 g/mol. The van der Waals surface area contributed by atoms with Gasteiger partial charge >= 0.3 is 11.9 Å². The number of hydrogen-bond acceptors (Lipinski definition) is 13. The predicted molar refractivity (Wildman–Crippen MR) is 112 cm³/mol. The molecule has 13 nitrogen and oxygen atoms in total. The fraction of sp³-hybridized carbons (Fsp3) is 0.818. The molecule has 4 heterocycles. The highest BCUT2D eigenvalue weighted by Crippen LogP contribution is 2.44. The van der Waals surface area contributed by atoms with E-state index < -0.39 is 84.2 Å². The SMILES string of the molecule is CC(=O)OC[C@H]1O[C@H](OC[C@H]2O[C@@H]3OC(C)(C)O[C@@H]3[C@H]3OC(C)(C)O[C@H]32)C(O)=C(O)[C@@H]1OC(C)=O. The van der Waals surface area contributed by atoms with Crippen LogP contribution in [0.5, 0.6) is 0 Å². The second kappa shape index (κ2) is 9.47. The third-order valence-electron chi connectivity index (χ3n) is 5.80. The van der Waals surface area contributed by atoms with Crippen molar-refractivity contribution in [1.29, 1.82) is 0 Å². The van der Waals surface area contributed by atoms with Gasteiger partial charge in [-0.25, -0.2) is 0 Å². The number of aliphatic hydroxyl groups is 2. The maximum atomic E-state index is 11.5. The lowest BCUT2D eigenvalue weighted by Gasteiger charge is -2.38. The molecule has 0 amide bonds. The van der Waals surface area contributed by atoms with E-state index in [1.807, 2.05) is 0 Å². The van der Waals surface area contributed by atoms with Crippen LogP contribution < -0.4 is 0 Å². The zero-order chi connectivity index (χ0) is 25.7. The third kappa shape index (κ3) is 5.56. The molecular formula is C22H32O13. The summed E-state index contributed by atoms with van der Waals surface area (Å²) >= 11 is 0. The van der Waals surface area contributed by atoms with Crippen molar-refractivity contribution in [3.8, 4) is 0 Å². The molecule has 4 rings (SSSR count). The minimum absolute atomic E-state index is 0.159. The van der Waals surface area contributed by atoms with E-state index in [1.165, 1.54) is 6.92 Å². The summed E-state index contributed by atoms with van der Waals surface area (Å²) in [5, 5.41) is 20.9. The Bertz CT molecular complexity index is 867. The number of aliphatic hydroxyl groups excluding tert-OH is 2. The zero-order valence-electron chi connectivity index (χ0n) is 20.4. The van der Waals surface area contributed by atoms with Crippen molar-refractivity contribution < 1.29 is 62.4 Å². The Kier molecular flexibility index (Phi) is 7.05. The van der Waals surface area contributed by atoms with Crippen molar-refractivity contribution in [3.63, 3.8) is 0 Å². The molecule has 0 aromatic heterocycles. The molecule has 0 unspecified atom stereocenters. The van der Waals surface area contributed by atoms with E-state index in [2.05, 4.69) is 0 Å². The van der Waals surface area contributed by atoms with Crippen molar-refractivity contribution in [2.45, 2.75) is 102 Å². The van der Waals surface area contributed by atoms with Crippen LogP contribution in [0, 0.1) is 0 Å². The number of ether oxygens (including phenoxy) is 9. The summed E-state index contributed by atoms with van der Waals surface area (Å²) in [4.78, 5) is 22.7. The lowest BCUT2D eigenvalue weighted by Crippen LogP contribution is -2.56. The molecule has 0 bridgehead atoms. The average Bonchev–Trinajstić information content (AvgIpc) is 3.23. The molecule has 2 N–H and O–H groups in total. The smallest absolute Gasteiger partial charge is 0.303 e. The van der Waals surface area contributed by atoms with Crippen molar-refractivity contribution in [2.24, 2.45) is 0 Å². The fourth-order valence-electron chi connectivity index (χ4n) is 4.50. The first-order valence-corrected chi connectivity index (χ1v) is 11.3. The maximum absolute atomic E-state index is 11.5. The standard InChI is InChI=1S/C22H32O13/c1-9(23)27-7-11-15(29-10(2)24)13(25)14(26)19(30-11)28-8-12-16-17(33-21(3,4)32-16)18-20(31-12)35-22(5,6)34-18/h11-12,15-20,25-26H,7-8H2,1-6H3/t11-,12-,15-,16+,17+,18-,19+,20-/m1/s1. The zero-order valence-corrected chi connectivity index (χ0v) is 20.4. The summed E-state index contributed by atoms with van der Waals surface area (Å²) in [6.07, 6.45) is -7.05. The Labute approximate surface area is 202 Å². The molecule has 0 aliphatic carbocycles. The molecule has 0 radical (unpaired) electrons. The molecule has 3 saturated heterocycles. The van der Waals surface area contributed by atoms with Gasteiger partial charge < -0.3 is 52.8 Å². The Morgan fingerprint density at radius 1 is 0.800 bits per heavy atom. The van der Waals surface area contributed by atoms with Gasteiger partial charge in [0.25, 0.3) is 0 Å². The van der Waals surface area contributed by atoms with E-state index in [0.29, 0.717) is 0 Å². The minimum atomic E-state index is -1.46. The van der Waals surface area contributed by atoms with E-state index >= 15 is 0 Å². The normalized spacial score (nSPS) is 39.6. The lowest BCUT2D eigenvalue weighted by atomic mass is 9.99. The predicted octanol–water partition coefficient (Wildman–Crippen LogP) is 0.947. The van der Waals surface area contributed by atoms with E-state index in [-0.39, 0.29) is 13.2 Å². The van der Waals surface area contributed by atoms with Crippen LogP contribution in [0.3, 0.4) is 0 Å². The fourth-order valence-corrected chi connectivity index (χ4v) is 4.50. The summed E-state index contributed by atoms with van der Waals surface area (Å²) in [7, 11) is 0. The van der Waals surface area contributed by atoms with E-state index in [1.54, 1.807) is 27.7 Å². The maximum Gasteiger partial charge on any atom is 0.303 e. The quantitative estimate of drug-likeness (QED) is 0.493. The van der Waals surface area contributed by atoms with Crippen LogP contribution in [-0.4, -0.2) is 96.1 Å². The number of carbonyl (C=O) groups is 2. The van der Waals surface area contributed by atoms with Gasteiger partial charge in [-0.2, -0.15) is 0 Å². The molecule has 3 fully saturated rings. The number of carbonyl (C=O) groups excluding carboxylic acids is 2. The number of fused-ring (bicyclic) bond motifs is 3. The van der Waals surface area contributed by atoms with Crippen LogP contribution in [0.4, 0.5) is 0 Å². The number of esters is 2. The molecule has 0 aromatic carbocycles. The largest absolute Gasteiger partial charge is 0.505 e. The summed E-state index contributed by atoms with van der Waals surface area (Å²) in [6.45, 7) is 8.87. The second-order valence-corrected chi connectivity index (χ2v) is 9.65. The van der Waals surface area contributed by atoms with Crippen LogP contribution in [0.2, 0.25) is 0 Å². The van der Waals surface area contributed by atoms with Gasteiger partial charge in [0.2, 0.25) is 6.29 Å². The second-order valence-electron chi connectivity index (χ2n) is 9.65. The highest BCUT2D eigenvalue weighted by atomic mass is 16.9. The van der Waals surface area contributed by atoms with Gasteiger partial charge in [0.1, 0.15) is 37.1 Å². The summed E-state index contributed by atoms with van der Waals surface area (Å²) < 4.78 is 51.3. The molecule has 13 heteroatoms. The third-order valence-corrected chi connectivity index (χ3v) is 5.80. The summed E-state index contributed by atoms with van der Waals surface area (Å²) in [6, 6.07) is 0. The van der Waals surface area contributed by atoms with Crippen molar-refractivity contribution in [1.82, 2.24) is 0 Å². The van der Waals surface area contributed by atoms with E-state index in [9.17, 15) is 19.8 Å². The van der Waals surface area contributed by atoms with Gasteiger partial charge in [-0.05, 0) is 27.7 Å². The molecule has 8 atom stereocenters. The number of hydrogen-bond donors (Lipinski definition) is 2. The highest BCUT2D eigenvalue weighted by molar-refractivity contribution is 5.67. The average molecular weight is 504 g/mol. The summed E-state index contributed by atoms with van der Waals surface area (Å²) in [5.41, 5.74) is 0. The van der Waals surface area contributed by atoms with Crippen molar-refractivity contribution >= 4 is 11.9 Å². The molecule has 4 aliphatic rings. The van der Waals surface area contributed by atoms with E-state index in [0.717, 1.165) is 6.92 Å². The van der Waals surface area contributed by atoms with Gasteiger partial charge in [-0.1, -0.05) is 0 Å². The molecule has 0 saturated carbocycles. The van der Waals surface area contributed by atoms with Crippen LogP contribution in [0.25, 0.3) is 0 Å². The highest BCUT2D eigenvalue weighted by Gasteiger charge is 2.61. The van der Waals surface area contributed by atoms with Crippen LogP contribution >= 0.6 is 0 Å². The molecule has 0 aromatic rings.